The zero-order chi connectivity index (χ0) is 21.1. The number of hydrogen-bond donors (Lipinski definition) is 1. The summed E-state index contributed by atoms with van der Waals surface area (Å²) >= 11 is 0. The van der Waals surface area contributed by atoms with Crippen LogP contribution in [0.1, 0.15) is 53.9 Å². The molecule has 9 heteroatoms. The molecule has 1 amide bonds. The predicted molar refractivity (Wildman–Crippen MR) is 106 cm³/mol. The molecule has 0 radical (unpaired) electrons. The number of carbonyl (C=O) groups excluding carboxylic acids is 1. The fraction of sp³-hybridized carbons (Fsp3) is 0.381. The van der Waals surface area contributed by atoms with Crippen LogP contribution < -0.4 is 10.1 Å². The second kappa shape index (κ2) is 8.74. The van der Waals surface area contributed by atoms with Crippen molar-refractivity contribution in [1.82, 2.24) is 14.4 Å². The van der Waals surface area contributed by atoms with E-state index in [2.05, 4.69) is 10.3 Å². The Bertz CT molecular complexity index is 1050. The van der Waals surface area contributed by atoms with Gasteiger partial charge in [0.1, 0.15) is 11.5 Å². The van der Waals surface area contributed by atoms with Crippen LogP contribution >= 0.6 is 0 Å². The summed E-state index contributed by atoms with van der Waals surface area (Å²) in [5.41, 5.74) is 1.41. The Kier molecular flexibility index (Phi) is 5.89. The van der Waals surface area contributed by atoms with Gasteiger partial charge in [-0.1, -0.05) is 6.07 Å². The van der Waals surface area contributed by atoms with Crippen LogP contribution in [-0.4, -0.2) is 40.1 Å². The minimum Gasteiger partial charge on any atom is -0.490 e. The molecule has 1 N–H and O–H groups in total. The maximum atomic E-state index is 12.9. The molecule has 0 bridgehead atoms. The van der Waals surface area contributed by atoms with Gasteiger partial charge in [-0.2, -0.15) is 0 Å². The van der Waals surface area contributed by atoms with E-state index < -0.39 is 18.0 Å². The van der Waals surface area contributed by atoms with Gasteiger partial charge in [0.2, 0.25) is 0 Å². The van der Waals surface area contributed by atoms with Crippen LogP contribution in [0.25, 0.3) is 5.65 Å². The zero-order valence-corrected chi connectivity index (χ0v) is 16.5. The number of nitrogens with zero attached hydrogens (tertiary/aromatic N) is 3. The molecule has 0 aliphatic carbocycles. The minimum atomic E-state index is -2.71. The summed E-state index contributed by atoms with van der Waals surface area (Å²) in [5, 5.41) is 2.57. The molecule has 1 fully saturated rings. The number of fused-ring (bicyclic) bond motifs is 1. The highest BCUT2D eigenvalue weighted by Crippen LogP contribution is 2.29. The lowest BCUT2D eigenvalue weighted by atomic mass is 9.99. The number of amides is 1. The van der Waals surface area contributed by atoms with E-state index in [1.54, 1.807) is 16.7 Å². The lowest BCUT2D eigenvalue weighted by molar-refractivity contribution is 0.0794. The van der Waals surface area contributed by atoms with Gasteiger partial charge in [-0.25, -0.2) is 18.7 Å². The second-order valence-corrected chi connectivity index (χ2v) is 7.04. The molecule has 1 aliphatic heterocycles. The molecule has 0 aromatic carbocycles. The molecule has 3 aromatic rings. The smallest absolute Gasteiger partial charge is 0.280 e. The van der Waals surface area contributed by atoms with E-state index in [4.69, 9.17) is 14.5 Å². The SMILES string of the molecule is CCOc1cc(C(=O)Nc2cccc(C(F)F)n2)cn2cc([C@@H]3CCCOC3)nc12. The van der Waals surface area contributed by atoms with E-state index >= 15 is 0 Å². The van der Waals surface area contributed by atoms with Crippen molar-refractivity contribution in [3.05, 3.63) is 53.6 Å². The van der Waals surface area contributed by atoms with Crippen LogP contribution in [0.2, 0.25) is 0 Å². The zero-order valence-electron chi connectivity index (χ0n) is 16.5. The average molecular weight is 416 g/mol. The maximum absolute atomic E-state index is 12.9. The van der Waals surface area contributed by atoms with E-state index in [9.17, 15) is 13.6 Å². The molecule has 3 aromatic heterocycles. The molecule has 1 saturated heterocycles. The van der Waals surface area contributed by atoms with Crippen LogP contribution in [0.15, 0.2) is 36.7 Å². The monoisotopic (exact) mass is 416 g/mol. The maximum Gasteiger partial charge on any atom is 0.280 e. The Balaban J connectivity index is 1.64. The van der Waals surface area contributed by atoms with Crippen LogP contribution in [0.5, 0.6) is 5.75 Å². The number of ether oxygens (including phenoxy) is 2. The van der Waals surface area contributed by atoms with Gasteiger partial charge in [0.25, 0.3) is 12.3 Å². The number of aromatic nitrogens is 3. The number of carbonyl (C=O) groups is 1. The quantitative estimate of drug-likeness (QED) is 0.651. The Hall–Kier alpha value is -3.07. The normalized spacial score (nSPS) is 16.7. The van der Waals surface area contributed by atoms with Gasteiger partial charge in [-0.15, -0.1) is 0 Å². The summed E-state index contributed by atoms with van der Waals surface area (Å²) in [6, 6.07) is 5.69. The summed E-state index contributed by atoms with van der Waals surface area (Å²) in [4.78, 5) is 21.2. The standard InChI is InChI=1S/C21H22F2N4O3/c1-2-30-17-9-14(21(28)26-18-7-3-6-15(24-18)19(22)23)10-27-11-16(25-20(17)27)13-5-4-8-29-12-13/h3,6-7,9-11,13,19H,2,4-5,8,12H2,1H3,(H,24,26,28)/t13-/m1/s1. The molecular weight excluding hydrogens is 394 g/mol. The molecule has 1 atom stereocenters. The van der Waals surface area contributed by atoms with Crippen molar-refractivity contribution < 1.29 is 23.0 Å². The topological polar surface area (TPSA) is 77.8 Å². The third kappa shape index (κ3) is 4.25. The Morgan fingerprint density at radius 2 is 2.23 bits per heavy atom. The van der Waals surface area contributed by atoms with E-state index in [0.717, 1.165) is 25.1 Å². The summed E-state index contributed by atoms with van der Waals surface area (Å²) < 4.78 is 38.7. The first-order chi connectivity index (χ1) is 14.5. The highest BCUT2D eigenvalue weighted by molar-refractivity contribution is 6.04. The van der Waals surface area contributed by atoms with Crippen molar-refractivity contribution in [2.75, 3.05) is 25.1 Å². The first kappa shape index (κ1) is 20.2. The molecule has 4 rings (SSSR count). The predicted octanol–water partition coefficient (Wildman–Crippen LogP) is 4.21. The van der Waals surface area contributed by atoms with E-state index in [0.29, 0.717) is 30.2 Å². The fourth-order valence-electron chi connectivity index (χ4n) is 3.47. The molecule has 0 unspecified atom stereocenters. The molecule has 4 heterocycles. The molecule has 0 saturated carbocycles. The summed E-state index contributed by atoms with van der Waals surface area (Å²) in [6.07, 6.45) is 2.78. The third-order valence-corrected chi connectivity index (χ3v) is 4.91. The van der Waals surface area contributed by atoms with Crippen molar-refractivity contribution in [3.8, 4) is 5.75 Å². The Morgan fingerprint density at radius 1 is 1.37 bits per heavy atom. The van der Waals surface area contributed by atoms with Gasteiger partial charge >= 0.3 is 0 Å². The first-order valence-electron chi connectivity index (χ1n) is 9.84. The summed E-state index contributed by atoms with van der Waals surface area (Å²) in [5.74, 6) is 0.253. The molecule has 7 nitrogen and oxygen atoms in total. The summed E-state index contributed by atoms with van der Waals surface area (Å²) in [6.45, 7) is 3.64. The van der Waals surface area contributed by atoms with Gasteiger partial charge in [-0.3, -0.25) is 4.79 Å². The van der Waals surface area contributed by atoms with Gasteiger partial charge in [0.05, 0.1) is 24.5 Å². The van der Waals surface area contributed by atoms with Crippen LogP contribution in [-0.2, 0) is 4.74 Å². The lowest BCUT2D eigenvalue weighted by Gasteiger charge is -2.19. The first-order valence-corrected chi connectivity index (χ1v) is 9.84. The fourth-order valence-corrected chi connectivity index (χ4v) is 3.47. The van der Waals surface area contributed by atoms with Crippen molar-refractivity contribution in [3.63, 3.8) is 0 Å². The van der Waals surface area contributed by atoms with Crippen molar-refractivity contribution >= 4 is 17.4 Å². The highest BCUT2D eigenvalue weighted by Gasteiger charge is 2.21. The van der Waals surface area contributed by atoms with E-state index in [1.807, 2.05) is 13.1 Å². The number of anilines is 1. The molecular formula is C21H22F2N4O3. The molecule has 30 heavy (non-hydrogen) atoms. The largest absolute Gasteiger partial charge is 0.490 e. The van der Waals surface area contributed by atoms with Gasteiger partial charge in [-0.05, 0) is 38.0 Å². The highest BCUT2D eigenvalue weighted by atomic mass is 19.3. The molecule has 1 aliphatic rings. The Labute approximate surface area is 172 Å². The number of imidazole rings is 1. The molecule has 0 spiro atoms. The van der Waals surface area contributed by atoms with E-state index in [1.165, 1.54) is 18.2 Å². The Morgan fingerprint density at radius 3 is 2.97 bits per heavy atom. The van der Waals surface area contributed by atoms with Crippen molar-refractivity contribution in [2.24, 2.45) is 0 Å². The van der Waals surface area contributed by atoms with Gasteiger partial charge in [0, 0.05) is 24.9 Å². The van der Waals surface area contributed by atoms with Crippen LogP contribution in [0.3, 0.4) is 0 Å². The molecule has 158 valence electrons. The number of halogens is 2. The van der Waals surface area contributed by atoms with Gasteiger partial charge < -0.3 is 19.2 Å². The second-order valence-electron chi connectivity index (χ2n) is 7.04. The number of pyridine rings is 2. The van der Waals surface area contributed by atoms with Crippen molar-refractivity contribution in [2.45, 2.75) is 32.1 Å². The van der Waals surface area contributed by atoms with Crippen LogP contribution in [0.4, 0.5) is 14.6 Å². The van der Waals surface area contributed by atoms with Gasteiger partial charge in [0.15, 0.2) is 11.4 Å². The number of alkyl halides is 2. The average Bonchev–Trinajstić information content (AvgIpc) is 3.19. The minimum absolute atomic E-state index is 0.0570. The number of hydrogen-bond acceptors (Lipinski definition) is 5. The number of nitrogens with one attached hydrogen (secondary N) is 1. The summed E-state index contributed by atoms with van der Waals surface area (Å²) in [7, 11) is 0. The number of rotatable bonds is 6. The lowest BCUT2D eigenvalue weighted by Crippen LogP contribution is -2.15. The van der Waals surface area contributed by atoms with Crippen molar-refractivity contribution in [1.29, 1.82) is 0 Å². The van der Waals surface area contributed by atoms with Crippen LogP contribution in [0, 0.1) is 0 Å². The third-order valence-electron chi connectivity index (χ3n) is 4.91. The van der Waals surface area contributed by atoms with E-state index in [-0.39, 0.29) is 11.7 Å².